The van der Waals surface area contributed by atoms with Crippen LogP contribution in [-0.2, 0) is 4.74 Å². The molecule has 0 saturated heterocycles. The lowest BCUT2D eigenvalue weighted by atomic mass is 10.2. The number of hydrogen-bond acceptors (Lipinski definition) is 6. The topological polar surface area (TPSA) is 102 Å². The second-order valence-corrected chi connectivity index (χ2v) is 6.88. The molecule has 1 amide bonds. The highest BCUT2D eigenvalue weighted by Gasteiger charge is 2.34. The number of hydrogen-bond donors (Lipinski definition) is 1. The Kier molecular flexibility index (Phi) is 9.24. The van der Waals surface area contributed by atoms with Gasteiger partial charge in [0.1, 0.15) is 5.75 Å². The monoisotopic (exact) mass is 432 g/mol. The number of esters is 1. The molecular weight excluding hydrogens is 400 g/mol. The largest absolute Gasteiger partial charge is 0.497 e. The van der Waals surface area contributed by atoms with Gasteiger partial charge in [0.05, 0.1) is 26.9 Å². The van der Waals surface area contributed by atoms with Crippen LogP contribution >= 0.6 is 0 Å². The Morgan fingerprint density at radius 1 is 0.903 bits per heavy atom. The Morgan fingerprint density at radius 3 is 1.90 bits per heavy atom. The maximum Gasteiger partial charge on any atom is 0.359 e. The van der Waals surface area contributed by atoms with Crippen LogP contribution < -0.4 is 19.9 Å². The number of unbranched alkanes of at least 4 members (excludes halogenated alkanes) is 2. The molecule has 0 saturated carbocycles. The van der Waals surface area contributed by atoms with Gasteiger partial charge in [-0.2, -0.15) is 0 Å². The molecule has 0 spiro atoms. The van der Waals surface area contributed by atoms with Crippen LogP contribution in [0.25, 0.3) is 5.69 Å². The first-order valence-corrected chi connectivity index (χ1v) is 10.7. The highest BCUT2D eigenvalue weighted by atomic mass is 16.5. The number of primary amides is 1. The lowest BCUT2D eigenvalue weighted by Crippen LogP contribution is -2.20. The first-order chi connectivity index (χ1) is 15.0. The number of benzene rings is 1. The van der Waals surface area contributed by atoms with Crippen LogP contribution in [0.3, 0.4) is 0 Å². The lowest BCUT2D eigenvalue weighted by Gasteiger charge is -2.12. The summed E-state index contributed by atoms with van der Waals surface area (Å²) in [6.07, 6.45) is 3.36. The maximum absolute atomic E-state index is 13.0. The van der Waals surface area contributed by atoms with Crippen LogP contribution in [0.15, 0.2) is 24.3 Å². The van der Waals surface area contributed by atoms with E-state index in [1.54, 1.807) is 38.3 Å². The van der Waals surface area contributed by atoms with E-state index in [-0.39, 0.29) is 29.5 Å². The highest BCUT2D eigenvalue weighted by Crippen LogP contribution is 2.41. The fourth-order valence-corrected chi connectivity index (χ4v) is 3.03. The van der Waals surface area contributed by atoms with E-state index in [0.717, 1.165) is 25.7 Å². The molecule has 2 rings (SSSR count). The molecule has 0 radical (unpaired) electrons. The second-order valence-electron chi connectivity index (χ2n) is 6.88. The zero-order chi connectivity index (χ0) is 22.8. The van der Waals surface area contributed by atoms with E-state index in [4.69, 9.17) is 24.7 Å². The molecule has 0 aliphatic carbocycles. The summed E-state index contributed by atoms with van der Waals surface area (Å²) in [4.78, 5) is 25.5. The summed E-state index contributed by atoms with van der Waals surface area (Å²) in [5.41, 5.74) is 6.39. The number of methoxy groups -OCH3 is 1. The third-order valence-electron chi connectivity index (χ3n) is 4.60. The van der Waals surface area contributed by atoms with Gasteiger partial charge in [-0.25, -0.2) is 4.79 Å². The average molecular weight is 433 g/mol. The van der Waals surface area contributed by atoms with Crippen molar-refractivity contribution in [3.8, 4) is 22.9 Å². The maximum atomic E-state index is 13.0. The molecule has 8 nitrogen and oxygen atoms in total. The summed E-state index contributed by atoms with van der Waals surface area (Å²) in [5.74, 6) is -0.396. The fourth-order valence-electron chi connectivity index (χ4n) is 3.03. The molecule has 31 heavy (non-hydrogen) atoms. The molecule has 8 heteroatoms. The molecule has 0 fully saturated rings. The third kappa shape index (κ3) is 5.71. The first kappa shape index (κ1) is 24.1. The van der Waals surface area contributed by atoms with Crippen LogP contribution in [-0.4, -0.2) is 43.4 Å². The van der Waals surface area contributed by atoms with E-state index in [0.29, 0.717) is 24.7 Å². The van der Waals surface area contributed by atoms with Gasteiger partial charge >= 0.3 is 5.97 Å². The Bertz CT molecular complexity index is 873. The van der Waals surface area contributed by atoms with E-state index in [9.17, 15) is 9.59 Å². The molecule has 0 bridgehead atoms. The number of carbonyl (C=O) groups is 2. The van der Waals surface area contributed by atoms with Gasteiger partial charge in [-0.05, 0) is 44.0 Å². The molecule has 1 heterocycles. The number of carbonyl (C=O) groups excluding carboxylic acids is 2. The Labute approximate surface area is 183 Å². The van der Waals surface area contributed by atoms with Crippen LogP contribution in [0.4, 0.5) is 0 Å². The van der Waals surface area contributed by atoms with Gasteiger partial charge in [0.25, 0.3) is 5.91 Å². The number of aromatic nitrogens is 1. The first-order valence-electron chi connectivity index (χ1n) is 10.7. The highest BCUT2D eigenvalue weighted by molar-refractivity contribution is 6.02. The Hall–Kier alpha value is -3.16. The Morgan fingerprint density at radius 2 is 1.45 bits per heavy atom. The smallest absolute Gasteiger partial charge is 0.359 e. The predicted octanol–water partition coefficient (Wildman–Crippen LogP) is 4.12. The van der Waals surface area contributed by atoms with Crippen LogP contribution in [0.5, 0.6) is 17.2 Å². The summed E-state index contributed by atoms with van der Waals surface area (Å²) in [5, 5.41) is 0. The lowest BCUT2D eigenvalue weighted by molar-refractivity contribution is 0.0511. The van der Waals surface area contributed by atoms with Gasteiger partial charge in [-0.3, -0.25) is 9.36 Å². The molecule has 2 aromatic rings. The van der Waals surface area contributed by atoms with Gasteiger partial charge in [0.15, 0.2) is 22.9 Å². The zero-order valence-corrected chi connectivity index (χ0v) is 18.7. The number of nitrogens with two attached hydrogens (primary N) is 1. The average Bonchev–Trinajstić information content (AvgIpc) is 3.09. The van der Waals surface area contributed by atoms with Crippen molar-refractivity contribution >= 4 is 11.9 Å². The van der Waals surface area contributed by atoms with Crippen molar-refractivity contribution in [2.24, 2.45) is 5.73 Å². The van der Waals surface area contributed by atoms with E-state index in [1.807, 2.05) is 13.8 Å². The van der Waals surface area contributed by atoms with Gasteiger partial charge in [0.2, 0.25) is 0 Å². The number of rotatable bonds is 13. The van der Waals surface area contributed by atoms with Gasteiger partial charge in [-0.1, -0.05) is 26.7 Å². The molecule has 0 aliphatic heterocycles. The summed E-state index contributed by atoms with van der Waals surface area (Å²) in [6.45, 7) is 6.66. The quantitative estimate of drug-likeness (QED) is 0.377. The van der Waals surface area contributed by atoms with E-state index >= 15 is 0 Å². The number of amides is 1. The van der Waals surface area contributed by atoms with Crippen molar-refractivity contribution in [3.63, 3.8) is 0 Å². The van der Waals surface area contributed by atoms with Crippen LogP contribution in [0.1, 0.15) is 67.4 Å². The zero-order valence-electron chi connectivity index (χ0n) is 18.7. The van der Waals surface area contributed by atoms with Crippen molar-refractivity contribution in [1.82, 2.24) is 4.57 Å². The third-order valence-corrected chi connectivity index (χ3v) is 4.60. The number of nitrogens with zero attached hydrogens (tertiary/aromatic N) is 1. The molecule has 1 aromatic heterocycles. The minimum Gasteiger partial charge on any atom is -0.497 e. The summed E-state index contributed by atoms with van der Waals surface area (Å²) < 4.78 is 23.9. The van der Waals surface area contributed by atoms with E-state index in [1.165, 1.54) is 4.57 Å². The molecule has 0 atom stereocenters. The minimum atomic E-state index is -0.738. The van der Waals surface area contributed by atoms with Gasteiger partial charge < -0.3 is 24.7 Å². The van der Waals surface area contributed by atoms with Gasteiger partial charge in [0, 0.05) is 5.69 Å². The van der Waals surface area contributed by atoms with Crippen molar-refractivity contribution in [1.29, 1.82) is 0 Å². The van der Waals surface area contributed by atoms with E-state index in [2.05, 4.69) is 0 Å². The summed E-state index contributed by atoms with van der Waals surface area (Å²) in [7, 11) is 1.56. The minimum absolute atomic E-state index is 0.0378. The van der Waals surface area contributed by atoms with Crippen molar-refractivity contribution in [2.75, 3.05) is 26.9 Å². The molecule has 170 valence electrons. The van der Waals surface area contributed by atoms with Crippen molar-refractivity contribution < 1.29 is 28.5 Å². The van der Waals surface area contributed by atoms with Crippen LogP contribution in [0.2, 0.25) is 0 Å². The normalized spacial score (nSPS) is 10.6. The second kappa shape index (κ2) is 11.9. The van der Waals surface area contributed by atoms with Crippen molar-refractivity contribution in [3.05, 3.63) is 35.7 Å². The molecule has 0 aliphatic rings. The molecule has 0 unspecified atom stereocenters. The molecular formula is C23H32N2O6. The van der Waals surface area contributed by atoms with Gasteiger partial charge in [-0.15, -0.1) is 0 Å². The number of ether oxygens (including phenoxy) is 4. The summed E-state index contributed by atoms with van der Waals surface area (Å²) >= 11 is 0. The van der Waals surface area contributed by atoms with Crippen LogP contribution in [0, 0.1) is 0 Å². The standard InChI is InChI=1S/C23H32N2O6/c1-5-8-14-30-20-18(22(24)26)25(16-10-12-17(28-4)13-11-16)19(23(27)29-7-3)21(20)31-15-9-6-2/h10-13H,5-9,14-15H2,1-4H3,(H2,24,26). The molecule has 1 aromatic carbocycles. The predicted molar refractivity (Wildman–Crippen MR) is 118 cm³/mol. The Balaban J connectivity index is 2.76. The van der Waals surface area contributed by atoms with Crippen molar-refractivity contribution in [2.45, 2.75) is 46.5 Å². The van der Waals surface area contributed by atoms with E-state index < -0.39 is 11.9 Å². The fraction of sp³-hybridized carbons (Fsp3) is 0.478. The SMILES string of the molecule is CCCCOc1c(OCCCC)c(C(=O)OCC)n(-c2ccc(OC)cc2)c1C(N)=O. The molecule has 2 N–H and O–H groups in total. The summed E-state index contributed by atoms with van der Waals surface area (Å²) in [6, 6.07) is 6.90.